The van der Waals surface area contributed by atoms with Crippen LogP contribution in [0.5, 0.6) is 5.75 Å². The maximum absolute atomic E-state index is 12.7. The van der Waals surface area contributed by atoms with Gasteiger partial charge < -0.3 is 10.0 Å². The first-order chi connectivity index (χ1) is 12.9. The maximum Gasteiger partial charge on any atom is 0.266 e. The van der Waals surface area contributed by atoms with Gasteiger partial charge >= 0.3 is 0 Å². The highest BCUT2D eigenvalue weighted by molar-refractivity contribution is 8.18. The molecule has 6 heteroatoms. The van der Waals surface area contributed by atoms with E-state index < -0.39 is 0 Å². The van der Waals surface area contributed by atoms with Crippen molar-refractivity contribution in [1.82, 2.24) is 4.90 Å². The number of aliphatic imine (C=N–C) groups is 1. The average Bonchev–Trinajstić information content (AvgIpc) is 2.92. The number of hydrogen-bond donors (Lipinski definition) is 1. The lowest BCUT2D eigenvalue weighted by Gasteiger charge is -2.12. The lowest BCUT2D eigenvalue weighted by molar-refractivity contribution is -0.122. The minimum Gasteiger partial charge on any atom is -0.506 e. The predicted octanol–water partition coefficient (Wildman–Crippen LogP) is 4.39. The molecule has 0 bridgehead atoms. The van der Waals surface area contributed by atoms with E-state index in [0.29, 0.717) is 22.3 Å². The molecule has 0 radical (unpaired) electrons. The molecule has 1 aliphatic rings. The summed E-state index contributed by atoms with van der Waals surface area (Å²) in [5, 5.41) is 10.7. The van der Waals surface area contributed by atoms with Crippen molar-refractivity contribution in [3.8, 4) is 5.75 Å². The summed E-state index contributed by atoms with van der Waals surface area (Å²) in [4.78, 5) is 21.5. The second-order valence-corrected chi connectivity index (χ2v) is 7.54. The number of nitrogens with zero attached hydrogens (tertiary/aromatic N) is 3. The van der Waals surface area contributed by atoms with Gasteiger partial charge in [-0.3, -0.25) is 9.69 Å². The molecule has 1 heterocycles. The van der Waals surface area contributed by atoms with Gasteiger partial charge in [0.05, 0.1) is 4.91 Å². The summed E-state index contributed by atoms with van der Waals surface area (Å²) in [6, 6.07) is 13.3. The molecule has 1 N–H and O–H groups in total. The van der Waals surface area contributed by atoms with Crippen molar-refractivity contribution in [3.63, 3.8) is 0 Å². The summed E-state index contributed by atoms with van der Waals surface area (Å²) >= 11 is 1.33. The van der Waals surface area contributed by atoms with Crippen molar-refractivity contribution in [2.75, 3.05) is 25.5 Å². The second-order valence-electron chi connectivity index (χ2n) is 6.53. The Hall–Kier alpha value is -2.73. The number of carbonyl (C=O) groups excluding carboxylic acids is 1. The third kappa shape index (κ3) is 4.17. The van der Waals surface area contributed by atoms with E-state index in [4.69, 9.17) is 0 Å². The van der Waals surface area contributed by atoms with Crippen molar-refractivity contribution in [1.29, 1.82) is 0 Å². The summed E-state index contributed by atoms with van der Waals surface area (Å²) in [5.41, 5.74) is 3.49. The molecule has 5 nitrogen and oxygen atoms in total. The molecule has 1 fully saturated rings. The molecule has 1 saturated heterocycles. The van der Waals surface area contributed by atoms with Gasteiger partial charge in [0, 0.05) is 26.3 Å². The number of phenolic OH excluding ortho intramolecular Hbond substituents is 1. The summed E-state index contributed by atoms with van der Waals surface area (Å²) < 4.78 is 0. The molecule has 140 valence electrons. The average molecular weight is 382 g/mol. The normalized spacial score (nSPS) is 17.2. The van der Waals surface area contributed by atoms with E-state index in [1.807, 2.05) is 69.3 Å². The highest BCUT2D eigenvalue weighted by Crippen LogP contribution is 2.36. The van der Waals surface area contributed by atoms with Gasteiger partial charge in [-0.2, -0.15) is 0 Å². The Labute approximate surface area is 164 Å². The fourth-order valence-electron chi connectivity index (χ4n) is 2.72. The Kier molecular flexibility index (Phi) is 5.56. The highest BCUT2D eigenvalue weighted by Gasteiger charge is 2.32. The van der Waals surface area contributed by atoms with Gasteiger partial charge in [-0.1, -0.05) is 18.2 Å². The van der Waals surface area contributed by atoms with Crippen molar-refractivity contribution < 1.29 is 9.90 Å². The summed E-state index contributed by atoms with van der Waals surface area (Å²) in [6.45, 7) is 4.34. The molecular weight excluding hydrogens is 358 g/mol. The first-order valence-corrected chi connectivity index (χ1v) is 9.58. The van der Waals surface area contributed by atoms with Crippen LogP contribution in [-0.2, 0) is 4.79 Å². The number of rotatable bonds is 4. The van der Waals surface area contributed by atoms with E-state index in [1.54, 1.807) is 17.0 Å². The number of anilines is 1. The van der Waals surface area contributed by atoms with Crippen LogP contribution in [0.25, 0.3) is 6.08 Å². The van der Waals surface area contributed by atoms with E-state index in [0.717, 1.165) is 16.8 Å². The smallest absolute Gasteiger partial charge is 0.266 e. The number of phenols is 1. The predicted molar refractivity (Wildman–Crippen MR) is 114 cm³/mol. The van der Waals surface area contributed by atoms with Gasteiger partial charge in [0.15, 0.2) is 5.17 Å². The largest absolute Gasteiger partial charge is 0.506 e. The first kappa shape index (κ1) is 19.0. The maximum atomic E-state index is 12.7. The third-order valence-corrected chi connectivity index (χ3v) is 5.27. The molecule has 0 spiro atoms. The number of amides is 1. The summed E-state index contributed by atoms with van der Waals surface area (Å²) in [5.74, 6) is 0.0489. The van der Waals surface area contributed by atoms with Gasteiger partial charge in [0.1, 0.15) is 11.4 Å². The molecule has 1 amide bonds. The number of aryl methyl sites for hydroxylation is 1. The van der Waals surface area contributed by atoms with Crippen LogP contribution in [0, 0.1) is 6.92 Å². The van der Waals surface area contributed by atoms with E-state index in [9.17, 15) is 9.90 Å². The Morgan fingerprint density at radius 2 is 1.89 bits per heavy atom. The Balaban J connectivity index is 1.91. The molecule has 1 aliphatic heterocycles. The Morgan fingerprint density at radius 1 is 1.19 bits per heavy atom. The zero-order valence-electron chi connectivity index (χ0n) is 15.9. The standard InChI is InChI=1S/C21H23N3O2S/c1-5-24-20(26)19(13-15-7-9-16(10-8-15)23(3)4)27-21(24)22-17-11-6-14(2)12-18(17)25/h6-13,25H,5H2,1-4H3/b19-13-,22-21?. The molecule has 0 atom stereocenters. The van der Waals surface area contributed by atoms with Crippen LogP contribution in [0.15, 0.2) is 52.4 Å². The number of carbonyl (C=O) groups is 1. The van der Waals surface area contributed by atoms with E-state index in [-0.39, 0.29) is 11.7 Å². The fraction of sp³-hybridized carbons (Fsp3) is 0.238. The van der Waals surface area contributed by atoms with Gasteiger partial charge in [-0.05, 0) is 67.1 Å². The monoisotopic (exact) mass is 381 g/mol. The number of amidine groups is 1. The Bertz CT molecular complexity index is 918. The molecule has 2 aromatic rings. The number of benzene rings is 2. The van der Waals surface area contributed by atoms with Crippen molar-refractivity contribution in [3.05, 3.63) is 58.5 Å². The minimum absolute atomic E-state index is 0.0652. The highest BCUT2D eigenvalue weighted by atomic mass is 32.2. The van der Waals surface area contributed by atoms with Crippen LogP contribution in [-0.4, -0.2) is 41.7 Å². The van der Waals surface area contributed by atoms with Gasteiger partial charge in [-0.15, -0.1) is 0 Å². The minimum atomic E-state index is -0.0652. The zero-order valence-corrected chi connectivity index (χ0v) is 16.7. The molecule has 0 unspecified atom stereocenters. The molecule has 0 aromatic heterocycles. The van der Waals surface area contributed by atoms with E-state index >= 15 is 0 Å². The van der Waals surface area contributed by atoms with Crippen LogP contribution in [0.1, 0.15) is 18.1 Å². The quantitative estimate of drug-likeness (QED) is 0.798. The van der Waals surface area contributed by atoms with Crippen LogP contribution < -0.4 is 4.90 Å². The van der Waals surface area contributed by atoms with Gasteiger partial charge in [0.25, 0.3) is 5.91 Å². The van der Waals surface area contributed by atoms with E-state index in [2.05, 4.69) is 4.99 Å². The van der Waals surface area contributed by atoms with Gasteiger partial charge in [0.2, 0.25) is 0 Å². The van der Waals surface area contributed by atoms with Crippen LogP contribution >= 0.6 is 11.8 Å². The first-order valence-electron chi connectivity index (χ1n) is 8.76. The van der Waals surface area contributed by atoms with Crippen LogP contribution in [0.2, 0.25) is 0 Å². The summed E-state index contributed by atoms with van der Waals surface area (Å²) in [6.07, 6.45) is 1.88. The summed E-state index contributed by atoms with van der Waals surface area (Å²) in [7, 11) is 3.98. The SMILES string of the molecule is CCN1C(=O)/C(=C/c2ccc(N(C)C)cc2)SC1=Nc1ccc(C)cc1O. The number of aromatic hydroxyl groups is 1. The fourth-order valence-corrected chi connectivity index (χ4v) is 3.78. The number of thioether (sulfide) groups is 1. The molecule has 27 heavy (non-hydrogen) atoms. The molecule has 2 aromatic carbocycles. The topological polar surface area (TPSA) is 56.1 Å². The zero-order chi connectivity index (χ0) is 19.6. The molecule has 0 saturated carbocycles. The lowest BCUT2D eigenvalue weighted by atomic mass is 10.2. The van der Waals surface area contributed by atoms with Crippen molar-refractivity contribution >= 4 is 40.3 Å². The number of likely N-dealkylation sites (N-methyl/N-ethyl adjacent to an activating group) is 1. The van der Waals surface area contributed by atoms with Crippen molar-refractivity contribution in [2.45, 2.75) is 13.8 Å². The van der Waals surface area contributed by atoms with Crippen molar-refractivity contribution in [2.24, 2.45) is 4.99 Å². The number of hydrogen-bond acceptors (Lipinski definition) is 5. The van der Waals surface area contributed by atoms with Gasteiger partial charge in [-0.25, -0.2) is 4.99 Å². The molecule has 3 rings (SSSR count). The molecule has 0 aliphatic carbocycles. The van der Waals surface area contributed by atoms with Crippen LogP contribution in [0.3, 0.4) is 0 Å². The Morgan fingerprint density at radius 3 is 2.48 bits per heavy atom. The lowest BCUT2D eigenvalue weighted by Crippen LogP contribution is -2.28. The van der Waals surface area contributed by atoms with Crippen LogP contribution in [0.4, 0.5) is 11.4 Å². The molecular formula is C21H23N3O2S. The van der Waals surface area contributed by atoms with E-state index in [1.165, 1.54) is 11.8 Å². The second kappa shape index (κ2) is 7.88. The third-order valence-electron chi connectivity index (χ3n) is 4.26.